The van der Waals surface area contributed by atoms with Crippen molar-refractivity contribution < 1.29 is 9.47 Å². The van der Waals surface area contributed by atoms with E-state index in [-0.39, 0.29) is 0 Å². The van der Waals surface area contributed by atoms with Crippen LogP contribution in [0.25, 0.3) is 0 Å². The Hall–Kier alpha value is -1.27. The molecule has 0 amide bonds. The van der Waals surface area contributed by atoms with Gasteiger partial charge in [-0.1, -0.05) is 18.2 Å². The number of rotatable bonds is 7. The second kappa shape index (κ2) is 8.24. The predicted molar refractivity (Wildman–Crippen MR) is 93.9 cm³/mol. The minimum absolute atomic E-state index is 0.535. The molecule has 0 aromatic heterocycles. The fraction of sp³-hybridized carbons (Fsp3) is 0.294. The second-order valence-corrected chi connectivity index (χ2v) is 5.91. The van der Waals surface area contributed by atoms with Crippen LogP contribution in [-0.4, -0.2) is 13.2 Å². The molecule has 21 heavy (non-hydrogen) atoms. The second-order valence-electron chi connectivity index (χ2n) is 4.67. The van der Waals surface area contributed by atoms with Gasteiger partial charge in [0.2, 0.25) is 0 Å². The van der Waals surface area contributed by atoms with Crippen molar-refractivity contribution in [1.29, 1.82) is 0 Å². The van der Waals surface area contributed by atoms with Gasteiger partial charge in [0.15, 0.2) is 11.5 Å². The monoisotopic (exact) mass is 397 g/mol. The zero-order valence-electron chi connectivity index (χ0n) is 12.1. The van der Waals surface area contributed by atoms with E-state index in [1.54, 1.807) is 0 Å². The van der Waals surface area contributed by atoms with Crippen molar-refractivity contribution in [3.05, 3.63) is 57.2 Å². The lowest BCUT2D eigenvalue weighted by atomic mass is 10.1. The van der Waals surface area contributed by atoms with Crippen molar-refractivity contribution >= 4 is 22.6 Å². The lowest BCUT2D eigenvalue weighted by molar-refractivity contribution is 0.269. The molecule has 2 aromatic rings. The molecule has 0 aliphatic carbocycles. The van der Waals surface area contributed by atoms with E-state index in [9.17, 15) is 0 Å². The Morgan fingerprint density at radius 1 is 0.952 bits per heavy atom. The fourth-order valence-electron chi connectivity index (χ4n) is 2.00. The summed E-state index contributed by atoms with van der Waals surface area (Å²) in [4.78, 5) is 0. The number of nitrogens with two attached hydrogens (primary N) is 1. The molecular formula is C17H20INO2. The van der Waals surface area contributed by atoms with Crippen molar-refractivity contribution in [3.63, 3.8) is 0 Å². The van der Waals surface area contributed by atoms with Gasteiger partial charge in [-0.25, -0.2) is 0 Å². The van der Waals surface area contributed by atoms with Crippen LogP contribution in [0.3, 0.4) is 0 Å². The molecule has 2 aromatic carbocycles. The predicted octanol–water partition coefficient (Wildman–Crippen LogP) is 3.77. The van der Waals surface area contributed by atoms with Crippen LogP contribution >= 0.6 is 22.6 Å². The van der Waals surface area contributed by atoms with Crippen LogP contribution < -0.4 is 15.2 Å². The highest BCUT2D eigenvalue weighted by molar-refractivity contribution is 14.1. The highest BCUT2D eigenvalue weighted by Gasteiger charge is 2.07. The third-order valence-corrected chi connectivity index (χ3v) is 3.77. The van der Waals surface area contributed by atoms with Crippen molar-refractivity contribution in [2.45, 2.75) is 20.0 Å². The Morgan fingerprint density at radius 2 is 1.67 bits per heavy atom. The van der Waals surface area contributed by atoms with Crippen LogP contribution in [0.2, 0.25) is 0 Å². The highest BCUT2D eigenvalue weighted by Crippen LogP contribution is 2.29. The minimum Gasteiger partial charge on any atom is -0.490 e. The van der Waals surface area contributed by atoms with Gasteiger partial charge in [0.1, 0.15) is 6.61 Å². The fourth-order valence-corrected chi connectivity index (χ4v) is 2.36. The molecule has 0 radical (unpaired) electrons. The SMILES string of the molecule is CCOc1cc(CCN)ccc1OCc1ccc(I)cc1. The number of hydrogen-bond donors (Lipinski definition) is 1. The van der Waals surface area contributed by atoms with E-state index in [0.29, 0.717) is 19.8 Å². The van der Waals surface area contributed by atoms with Gasteiger partial charge in [-0.2, -0.15) is 0 Å². The smallest absolute Gasteiger partial charge is 0.161 e. The number of hydrogen-bond acceptors (Lipinski definition) is 3. The summed E-state index contributed by atoms with van der Waals surface area (Å²) in [5, 5.41) is 0. The van der Waals surface area contributed by atoms with E-state index < -0.39 is 0 Å². The van der Waals surface area contributed by atoms with Crippen molar-refractivity contribution in [3.8, 4) is 11.5 Å². The molecule has 0 atom stereocenters. The summed E-state index contributed by atoms with van der Waals surface area (Å²) >= 11 is 2.29. The van der Waals surface area contributed by atoms with Crippen LogP contribution in [0, 0.1) is 3.57 Å². The minimum atomic E-state index is 0.535. The van der Waals surface area contributed by atoms with Crippen molar-refractivity contribution in [2.75, 3.05) is 13.2 Å². The van der Waals surface area contributed by atoms with E-state index in [1.807, 2.05) is 25.1 Å². The normalized spacial score (nSPS) is 10.4. The summed E-state index contributed by atoms with van der Waals surface area (Å²) in [7, 11) is 0. The Bertz CT molecular complexity index is 570. The van der Waals surface area contributed by atoms with Gasteiger partial charge >= 0.3 is 0 Å². The van der Waals surface area contributed by atoms with Crippen molar-refractivity contribution in [2.24, 2.45) is 5.73 Å². The first-order valence-electron chi connectivity index (χ1n) is 7.06. The molecular weight excluding hydrogens is 377 g/mol. The summed E-state index contributed by atoms with van der Waals surface area (Å²) < 4.78 is 12.8. The third kappa shape index (κ3) is 4.89. The maximum absolute atomic E-state index is 5.89. The van der Waals surface area contributed by atoms with E-state index in [0.717, 1.165) is 23.5 Å². The van der Waals surface area contributed by atoms with Crippen molar-refractivity contribution in [1.82, 2.24) is 0 Å². The molecule has 0 heterocycles. The summed E-state index contributed by atoms with van der Waals surface area (Å²) in [6.07, 6.45) is 0.845. The zero-order valence-corrected chi connectivity index (χ0v) is 14.3. The average Bonchev–Trinajstić information content (AvgIpc) is 2.49. The molecule has 0 saturated heterocycles. The van der Waals surface area contributed by atoms with Gasteiger partial charge in [-0.3, -0.25) is 0 Å². The van der Waals surface area contributed by atoms with E-state index >= 15 is 0 Å². The first kappa shape index (κ1) is 16.1. The van der Waals surface area contributed by atoms with E-state index in [1.165, 1.54) is 9.13 Å². The molecule has 3 nitrogen and oxygen atoms in total. The topological polar surface area (TPSA) is 44.5 Å². The van der Waals surface area contributed by atoms with Gasteiger partial charge < -0.3 is 15.2 Å². The zero-order chi connectivity index (χ0) is 15.1. The van der Waals surface area contributed by atoms with Crippen LogP contribution in [0.5, 0.6) is 11.5 Å². The summed E-state index contributed by atoms with van der Waals surface area (Å²) in [5.74, 6) is 1.56. The number of halogens is 1. The molecule has 2 rings (SSSR count). The summed E-state index contributed by atoms with van der Waals surface area (Å²) in [5.41, 5.74) is 7.91. The molecule has 112 valence electrons. The lowest BCUT2D eigenvalue weighted by Crippen LogP contribution is -2.04. The largest absolute Gasteiger partial charge is 0.490 e. The van der Waals surface area contributed by atoms with Gasteiger partial charge in [-0.05, 0) is 77.9 Å². The molecule has 0 aliphatic rings. The Balaban J connectivity index is 2.09. The van der Waals surface area contributed by atoms with Crippen LogP contribution in [0.1, 0.15) is 18.1 Å². The quantitative estimate of drug-likeness (QED) is 0.724. The van der Waals surface area contributed by atoms with Crippen LogP contribution in [-0.2, 0) is 13.0 Å². The van der Waals surface area contributed by atoms with Gasteiger partial charge in [-0.15, -0.1) is 0 Å². The summed E-state index contributed by atoms with van der Waals surface area (Å²) in [6.45, 7) is 3.76. The number of ether oxygens (including phenoxy) is 2. The highest BCUT2D eigenvalue weighted by atomic mass is 127. The van der Waals surface area contributed by atoms with Crippen LogP contribution in [0.4, 0.5) is 0 Å². The molecule has 0 spiro atoms. The average molecular weight is 397 g/mol. The van der Waals surface area contributed by atoms with Gasteiger partial charge in [0.25, 0.3) is 0 Å². The summed E-state index contributed by atoms with van der Waals surface area (Å²) in [6, 6.07) is 14.3. The maximum Gasteiger partial charge on any atom is 0.161 e. The van der Waals surface area contributed by atoms with E-state index in [4.69, 9.17) is 15.2 Å². The molecule has 0 aliphatic heterocycles. The molecule has 0 saturated carbocycles. The molecule has 0 bridgehead atoms. The third-order valence-electron chi connectivity index (χ3n) is 3.05. The first-order chi connectivity index (χ1) is 10.2. The molecule has 0 unspecified atom stereocenters. The Kier molecular flexibility index (Phi) is 6.32. The Morgan fingerprint density at radius 3 is 2.33 bits per heavy atom. The van der Waals surface area contributed by atoms with Crippen LogP contribution in [0.15, 0.2) is 42.5 Å². The van der Waals surface area contributed by atoms with Gasteiger partial charge in [0.05, 0.1) is 6.61 Å². The van der Waals surface area contributed by atoms with E-state index in [2.05, 4.69) is 46.9 Å². The van der Waals surface area contributed by atoms with Gasteiger partial charge in [0, 0.05) is 3.57 Å². The first-order valence-corrected chi connectivity index (χ1v) is 8.14. The molecule has 0 fully saturated rings. The number of benzene rings is 2. The standard InChI is InChI=1S/C17H20INO2/c1-2-20-17-11-13(9-10-19)5-8-16(17)21-12-14-3-6-15(18)7-4-14/h3-8,11H,2,9-10,12,19H2,1H3. The maximum atomic E-state index is 5.89. The molecule has 4 heteroatoms. The molecule has 2 N–H and O–H groups in total. The lowest BCUT2D eigenvalue weighted by Gasteiger charge is -2.13. The Labute approximate surface area is 139 Å².